The van der Waals surface area contributed by atoms with Crippen molar-refractivity contribution in [2.24, 2.45) is 0 Å². The maximum Gasteiger partial charge on any atom is 0.322 e. The van der Waals surface area contributed by atoms with Crippen LogP contribution in [0.1, 0.15) is 10.4 Å². The number of carboxylic acid groups (broad SMARTS) is 1. The third-order valence-electron chi connectivity index (χ3n) is 2.01. The number of nitrogens with one attached hydrogen (secondary N) is 1. The second-order valence-electron chi connectivity index (χ2n) is 3.18. The van der Waals surface area contributed by atoms with Gasteiger partial charge in [0.1, 0.15) is 18.0 Å². The molecule has 6 nitrogen and oxygen atoms in total. The summed E-state index contributed by atoms with van der Waals surface area (Å²) in [6.07, 6.45) is 0. The molecule has 0 unspecified atom stereocenters. The number of carbonyl (C=O) groups excluding carboxylic acids is 1. The predicted octanol–water partition coefficient (Wildman–Crippen LogP) is 0.518. The van der Waals surface area contributed by atoms with Gasteiger partial charge in [0.2, 0.25) is 0 Å². The van der Waals surface area contributed by atoms with E-state index < -0.39 is 18.4 Å². The van der Waals surface area contributed by atoms with Crippen LogP contribution >= 0.6 is 0 Å². The van der Waals surface area contributed by atoms with Gasteiger partial charge < -0.3 is 19.9 Å². The molecule has 0 saturated carbocycles. The van der Waals surface area contributed by atoms with E-state index in [0.29, 0.717) is 11.5 Å². The molecular weight excluding hydrogens is 226 g/mol. The Bertz CT molecular complexity index is 408. The van der Waals surface area contributed by atoms with Crippen molar-refractivity contribution in [3.8, 4) is 11.5 Å². The first-order valence-corrected chi connectivity index (χ1v) is 4.80. The van der Waals surface area contributed by atoms with Crippen LogP contribution < -0.4 is 14.8 Å². The quantitative estimate of drug-likeness (QED) is 0.782. The molecule has 0 bridgehead atoms. The molecule has 0 saturated heterocycles. The normalized spacial score (nSPS) is 9.53. The first-order valence-electron chi connectivity index (χ1n) is 4.80. The number of rotatable bonds is 5. The van der Waals surface area contributed by atoms with Gasteiger partial charge in [-0.25, -0.2) is 0 Å². The van der Waals surface area contributed by atoms with Gasteiger partial charge in [-0.2, -0.15) is 0 Å². The van der Waals surface area contributed by atoms with Crippen molar-refractivity contribution in [1.29, 1.82) is 0 Å². The zero-order valence-electron chi connectivity index (χ0n) is 9.52. The predicted molar refractivity (Wildman–Crippen MR) is 59.5 cm³/mol. The summed E-state index contributed by atoms with van der Waals surface area (Å²) in [5.74, 6) is -0.674. The molecule has 1 aromatic carbocycles. The Kier molecular flexibility index (Phi) is 4.33. The van der Waals surface area contributed by atoms with Crippen LogP contribution in [0, 0.1) is 0 Å². The summed E-state index contributed by atoms with van der Waals surface area (Å²) < 4.78 is 9.99. The van der Waals surface area contributed by atoms with E-state index in [4.69, 9.17) is 14.6 Å². The van der Waals surface area contributed by atoms with Gasteiger partial charge in [0.15, 0.2) is 0 Å². The van der Waals surface area contributed by atoms with E-state index >= 15 is 0 Å². The molecule has 0 aromatic heterocycles. The monoisotopic (exact) mass is 239 g/mol. The van der Waals surface area contributed by atoms with E-state index in [9.17, 15) is 9.59 Å². The minimum absolute atomic E-state index is 0.280. The van der Waals surface area contributed by atoms with Crippen LogP contribution in [0.3, 0.4) is 0 Å². The summed E-state index contributed by atoms with van der Waals surface area (Å²) in [6.45, 7) is -0.432. The third-order valence-corrected chi connectivity index (χ3v) is 2.01. The highest BCUT2D eigenvalue weighted by atomic mass is 16.5. The summed E-state index contributed by atoms with van der Waals surface area (Å²) >= 11 is 0. The Hall–Kier alpha value is -2.24. The van der Waals surface area contributed by atoms with Crippen molar-refractivity contribution in [2.45, 2.75) is 0 Å². The van der Waals surface area contributed by atoms with Gasteiger partial charge in [-0.1, -0.05) is 0 Å². The molecule has 1 aromatic rings. The van der Waals surface area contributed by atoms with Gasteiger partial charge in [-0.15, -0.1) is 0 Å². The summed E-state index contributed by atoms with van der Waals surface area (Å²) in [5, 5.41) is 10.7. The molecule has 92 valence electrons. The highest BCUT2D eigenvalue weighted by Crippen LogP contribution is 2.22. The summed E-state index contributed by atoms with van der Waals surface area (Å²) in [6, 6.07) is 4.62. The number of ether oxygens (including phenoxy) is 2. The van der Waals surface area contributed by atoms with Gasteiger partial charge in [-0.3, -0.25) is 9.59 Å². The maximum absolute atomic E-state index is 11.6. The van der Waals surface area contributed by atoms with Crippen LogP contribution in [0.4, 0.5) is 0 Å². The average Bonchev–Trinajstić information content (AvgIpc) is 2.34. The second kappa shape index (κ2) is 5.74. The largest absolute Gasteiger partial charge is 0.497 e. The number of carboxylic acids is 1. The Labute approximate surface area is 98.2 Å². The standard InChI is InChI=1S/C11H13NO5/c1-16-8-3-7(4-9(5-8)17-2)11(15)12-6-10(13)14/h3-5H,6H2,1-2H3,(H,12,15)(H,13,14). The zero-order valence-corrected chi connectivity index (χ0v) is 9.52. The van der Waals surface area contributed by atoms with Gasteiger partial charge in [-0.05, 0) is 12.1 Å². The van der Waals surface area contributed by atoms with Gasteiger partial charge in [0.25, 0.3) is 5.91 Å². The van der Waals surface area contributed by atoms with E-state index in [1.807, 2.05) is 0 Å². The number of methoxy groups -OCH3 is 2. The minimum Gasteiger partial charge on any atom is -0.497 e. The van der Waals surface area contributed by atoms with Crippen LogP contribution in [0.25, 0.3) is 0 Å². The summed E-state index contributed by atoms with van der Waals surface area (Å²) in [7, 11) is 2.93. The molecule has 6 heteroatoms. The van der Waals surface area contributed by atoms with Crippen molar-refractivity contribution in [1.82, 2.24) is 5.32 Å². The van der Waals surface area contributed by atoms with Crippen molar-refractivity contribution < 1.29 is 24.2 Å². The number of aliphatic carboxylic acids is 1. The second-order valence-corrected chi connectivity index (χ2v) is 3.18. The lowest BCUT2D eigenvalue weighted by Gasteiger charge is -2.08. The molecule has 0 aliphatic heterocycles. The molecule has 0 heterocycles. The smallest absolute Gasteiger partial charge is 0.322 e. The van der Waals surface area contributed by atoms with Gasteiger partial charge in [0, 0.05) is 11.6 Å². The van der Waals surface area contributed by atoms with E-state index in [1.54, 1.807) is 6.07 Å². The Balaban J connectivity index is 2.88. The Morgan fingerprint density at radius 1 is 1.18 bits per heavy atom. The lowest BCUT2D eigenvalue weighted by atomic mass is 10.2. The fourth-order valence-electron chi connectivity index (χ4n) is 1.20. The lowest BCUT2D eigenvalue weighted by Crippen LogP contribution is -2.29. The van der Waals surface area contributed by atoms with Crippen molar-refractivity contribution in [3.63, 3.8) is 0 Å². The molecule has 0 spiro atoms. The molecule has 0 atom stereocenters. The van der Waals surface area contributed by atoms with E-state index in [2.05, 4.69) is 5.32 Å². The average molecular weight is 239 g/mol. The highest BCUT2D eigenvalue weighted by Gasteiger charge is 2.10. The van der Waals surface area contributed by atoms with Gasteiger partial charge >= 0.3 is 5.97 Å². The van der Waals surface area contributed by atoms with Crippen molar-refractivity contribution >= 4 is 11.9 Å². The molecule has 1 rings (SSSR count). The van der Waals surface area contributed by atoms with Crippen LogP contribution in [0.15, 0.2) is 18.2 Å². The third kappa shape index (κ3) is 3.67. The van der Waals surface area contributed by atoms with E-state index in [1.165, 1.54) is 26.4 Å². The zero-order chi connectivity index (χ0) is 12.8. The van der Waals surface area contributed by atoms with Crippen LogP contribution in [0.2, 0.25) is 0 Å². The number of carbonyl (C=O) groups is 2. The van der Waals surface area contributed by atoms with Crippen molar-refractivity contribution in [2.75, 3.05) is 20.8 Å². The molecule has 2 N–H and O–H groups in total. The summed E-state index contributed by atoms with van der Waals surface area (Å²) in [4.78, 5) is 21.9. The van der Waals surface area contributed by atoms with Crippen LogP contribution in [-0.2, 0) is 4.79 Å². The Morgan fingerprint density at radius 2 is 1.71 bits per heavy atom. The maximum atomic E-state index is 11.6. The fraction of sp³-hybridized carbons (Fsp3) is 0.273. The first kappa shape index (κ1) is 12.8. The molecule has 17 heavy (non-hydrogen) atoms. The lowest BCUT2D eigenvalue weighted by molar-refractivity contribution is -0.135. The number of benzene rings is 1. The van der Waals surface area contributed by atoms with Gasteiger partial charge in [0.05, 0.1) is 14.2 Å². The van der Waals surface area contributed by atoms with E-state index in [0.717, 1.165) is 0 Å². The highest BCUT2D eigenvalue weighted by molar-refractivity contribution is 5.96. The SMILES string of the molecule is COc1cc(OC)cc(C(=O)NCC(=O)O)c1. The Morgan fingerprint density at radius 3 is 2.12 bits per heavy atom. The number of hydrogen-bond acceptors (Lipinski definition) is 4. The molecule has 1 amide bonds. The van der Waals surface area contributed by atoms with Crippen molar-refractivity contribution in [3.05, 3.63) is 23.8 Å². The van der Waals surface area contributed by atoms with Crippen LogP contribution in [-0.4, -0.2) is 37.7 Å². The molecule has 0 fully saturated rings. The van der Waals surface area contributed by atoms with E-state index in [-0.39, 0.29) is 5.56 Å². The fourth-order valence-corrected chi connectivity index (χ4v) is 1.20. The topological polar surface area (TPSA) is 84.9 Å². The number of amides is 1. The molecule has 0 aliphatic rings. The summed E-state index contributed by atoms with van der Waals surface area (Å²) in [5.41, 5.74) is 0.280. The first-order chi connectivity index (χ1) is 8.06. The number of hydrogen-bond donors (Lipinski definition) is 2. The molecular formula is C11H13NO5. The van der Waals surface area contributed by atoms with Crippen LogP contribution in [0.5, 0.6) is 11.5 Å². The molecule has 0 radical (unpaired) electrons. The molecule has 0 aliphatic carbocycles. The minimum atomic E-state index is -1.10.